The second-order valence-electron chi connectivity index (χ2n) is 5.90. The Balaban J connectivity index is 1.99. The van der Waals surface area contributed by atoms with Gasteiger partial charge in [0.15, 0.2) is 5.17 Å². The number of aromatic carboxylic acids is 1. The fraction of sp³-hybridized carbons (Fsp3) is 0.150. The molecule has 0 atom stereocenters. The third kappa shape index (κ3) is 3.88. The maximum atomic E-state index is 12.8. The second kappa shape index (κ2) is 7.67. The van der Waals surface area contributed by atoms with Crippen molar-refractivity contribution >= 4 is 40.1 Å². The smallest absolute Gasteiger partial charge is 0.335 e. The number of phenolic OH excluding ortho intramolecular Hbond substituents is 1. The van der Waals surface area contributed by atoms with E-state index in [9.17, 15) is 14.7 Å². The van der Waals surface area contributed by atoms with Crippen LogP contribution in [-0.4, -0.2) is 38.7 Å². The van der Waals surface area contributed by atoms with Crippen molar-refractivity contribution in [3.05, 3.63) is 64.6 Å². The van der Waals surface area contributed by atoms with Gasteiger partial charge in [0.2, 0.25) is 0 Å². The Morgan fingerprint density at radius 2 is 1.85 bits per heavy atom. The highest BCUT2D eigenvalue weighted by Crippen LogP contribution is 2.37. The largest absolute Gasteiger partial charge is 0.508 e. The number of carbonyl (C=O) groups is 2. The van der Waals surface area contributed by atoms with E-state index in [1.165, 1.54) is 23.9 Å². The number of carbonyl (C=O) groups excluding carboxylic acids is 1. The molecule has 27 heavy (non-hydrogen) atoms. The lowest BCUT2D eigenvalue weighted by Gasteiger charge is -2.12. The van der Waals surface area contributed by atoms with Crippen LogP contribution in [0.15, 0.2) is 58.4 Å². The number of aromatic hydroxyl groups is 1. The number of carboxylic acids is 1. The maximum absolute atomic E-state index is 12.8. The number of amidine groups is 1. The Bertz CT molecular complexity index is 964. The summed E-state index contributed by atoms with van der Waals surface area (Å²) in [4.78, 5) is 30.6. The molecule has 1 heterocycles. The molecule has 1 aliphatic rings. The zero-order valence-corrected chi connectivity index (χ0v) is 15.7. The number of nitrogens with zero attached hydrogens (tertiary/aromatic N) is 2. The van der Waals surface area contributed by atoms with Crippen LogP contribution in [0.3, 0.4) is 0 Å². The lowest BCUT2D eigenvalue weighted by Crippen LogP contribution is -2.28. The average Bonchev–Trinajstić information content (AvgIpc) is 2.97. The molecule has 0 bridgehead atoms. The number of hydrogen-bond donors (Lipinski definition) is 2. The van der Waals surface area contributed by atoms with E-state index in [4.69, 9.17) is 5.11 Å². The van der Waals surface area contributed by atoms with E-state index in [1.807, 2.05) is 13.8 Å². The van der Waals surface area contributed by atoms with Gasteiger partial charge in [0.05, 0.1) is 16.2 Å². The third-order valence-electron chi connectivity index (χ3n) is 4.14. The summed E-state index contributed by atoms with van der Waals surface area (Å²) in [6.45, 7) is 4.17. The number of hydrogen-bond acceptors (Lipinski definition) is 5. The van der Waals surface area contributed by atoms with Gasteiger partial charge in [0, 0.05) is 6.54 Å². The summed E-state index contributed by atoms with van der Waals surface area (Å²) in [7, 11) is 0. The van der Waals surface area contributed by atoms with Crippen LogP contribution in [0.25, 0.3) is 5.57 Å². The second-order valence-corrected chi connectivity index (χ2v) is 6.88. The molecule has 1 amide bonds. The molecule has 0 saturated carbocycles. The van der Waals surface area contributed by atoms with E-state index in [2.05, 4.69) is 4.99 Å². The first-order valence-corrected chi connectivity index (χ1v) is 9.14. The van der Waals surface area contributed by atoms with Gasteiger partial charge >= 0.3 is 5.97 Å². The van der Waals surface area contributed by atoms with E-state index < -0.39 is 5.97 Å². The van der Waals surface area contributed by atoms with Crippen LogP contribution in [0.2, 0.25) is 0 Å². The molecule has 2 aromatic carbocycles. The van der Waals surface area contributed by atoms with Crippen LogP contribution in [0.1, 0.15) is 29.8 Å². The summed E-state index contributed by atoms with van der Waals surface area (Å²) < 4.78 is 0. The minimum Gasteiger partial charge on any atom is -0.508 e. The number of rotatable bonds is 4. The van der Waals surface area contributed by atoms with E-state index in [0.717, 1.165) is 11.1 Å². The zero-order valence-electron chi connectivity index (χ0n) is 14.8. The van der Waals surface area contributed by atoms with Crippen molar-refractivity contribution in [1.82, 2.24) is 4.90 Å². The maximum Gasteiger partial charge on any atom is 0.335 e. The van der Waals surface area contributed by atoms with Crippen molar-refractivity contribution in [3.63, 3.8) is 0 Å². The van der Waals surface area contributed by atoms with Gasteiger partial charge in [-0.05, 0) is 67.1 Å². The van der Waals surface area contributed by atoms with Gasteiger partial charge in [-0.2, -0.15) is 0 Å². The minimum absolute atomic E-state index is 0.138. The van der Waals surface area contributed by atoms with Crippen LogP contribution in [0.5, 0.6) is 5.75 Å². The van der Waals surface area contributed by atoms with Crippen molar-refractivity contribution in [1.29, 1.82) is 0 Å². The van der Waals surface area contributed by atoms with Gasteiger partial charge in [-0.3, -0.25) is 9.69 Å². The third-order valence-corrected chi connectivity index (χ3v) is 5.32. The summed E-state index contributed by atoms with van der Waals surface area (Å²) in [5.41, 5.74) is 2.26. The van der Waals surface area contributed by atoms with Crippen LogP contribution in [0.4, 0.5) is 5.69 Å². The molecule has 0 aromatic heterocycles. The molecule has 1 saturated heterocycles. The number of allylic oxidation sites excluding steroid dienone is 1. The number of phenols is 1. The molecule has 1 aliphatic heterocycles. The predicted molar refractivity (Wildman–Crippen MR) is 106 cm³/mol. The summed E-state index contributed by atoms with van der Waals surface area (Å²) in [6.07, 6.45) is 0. The highest BCUT2D eigenvalue weighted by molar-refractivity contribution is 8.18. The Hall–Kier alpha value is -3.06. The lowest BCUT2D eigenvalue weighted by atomic mass is 10.1. The standard InChI is InChI=1S/C20H18N2O4S/c1-3-22-18(24)17(12(2)13-7-9-16(23)10-8-13)27-20(22)21-15-6-4-5-14(11-15)19(25)26/h4-11,23H,3H2,1-2H3,(H,25,26)/b17-12-,21-20?. The quantitative estimate of drug-likeness (QED) is 0.777. The number of carboxylic acid groups (broad SMARTS) is 1. The number of likely N-dealkylation sites (N-methyl/N-ethyl adjacent to an activating group) is 1. The highest BCUT2D eigenvalue weighted by atomic mass is 32.2. The topological polar surface area (TPSA) is 90.2 Å². The van der Waals surface area contributed by atoms with E-state index >= 15 is 0 Å². The zero-order chi connectivity index (χ0) is 19.6. The van der Waals surface area contributed by atoms with E-state index in [0.29, 0.717) is 22.3 Å². The van der Waals surface area contributed by atoms with Crippen LogP contribution >= 0.6 is 11.8 Å². The van der Waals surface area contributed by atoms with Crippen LogP contribution in [-0.2, 0) is 4.79 Å². The Kier molecular flexibility index (Phi) is 5.32. The predicted octanol–water partition coefficient (Wildman–Crippen LogP) is 4.10. The summed E-state index contributed by atoms with van der Waals surface area (Å²) in [6, 6.07) is 13.0. The van der Waals surface area contributed by atoms with Crippen molar-refractivity contribution in [2.75, 3.05) is 6.54 Å². The molecular formula is C20H18N2O4S. The lowest BCUT2D eigenvalue weighted by molar-refractivity contribution is -0.122. The number of amides is 1. The first-order chi connectivity index (χ1) is 12.9. The Morgan fingerprint density at radius 1 is 1.15 bits per heavy atom. The monoisotopic (exact) mass is 382 g/mol. The van der Waals surface area contributed by atoms with Gasteiger partial charge in [-0.15, -0.1) is 0 Å². The number of aliphatic imine (C=N–C) groups is 1. The van der Waals surface area contributed by atoms with Crippen LogP contribution in [0, 0.1) is 0 Å². The molecule has 6 nitrogen and oxygen atoms in total. The van der Waals surface area contributed by atoms with Gasteiger partial charge < -0.3 is 10.2 Å². The van der Waals surface area contributed by atoms with Gasteiger partial charge in [-0.1, -0.05) is 18.2 Å². The molecule has 0 spiro atoms. The molecule has 0 radical (unpaired) electrons. The molecule has 2 aromatic rings. The van der Waals surface area contributed by atoms with E-state index in [1.54, 1.807) is 41.3 Å². The van der Waals surface area contributed by atoms with Gasteiger partial charge in [-0.25, -0.2) is 9.79 Å². The first kappa shape index (κ1) is 18.7. The van der Waals surface area contributed by atoms with Crippen LogP contribution < -0.4 is 0 Å². The van der Waals surface area contributed by atoms with Crippen molar-refractivity contribution in [2.45, 2.75) is 13.8 Å². The van der Waals surface area contributed by atoms with Gasteiger partial charge in [0.1, 0.15) is 5.75 Å². The van der Waals surface area contributed by atoms with Crippen molar-refractivity contribution < 1.29 is 19.8 Å². The molecule has 138 valence electrons. The molecule has 1 fully saturated rings. The fourth-order valence-corrected chi connectivity index (χ4v) is 3.78. The fourth-order valence-electron chi connectivity index (χ4n) is 2.66. The molecule has 7 heteroatoms. The molecule has 3 rings (SSSR count). The SMILES string of the molecule is CCN1C(=O)/C(=C(\C)c2ccc(O)cc2)SC1=Nc1cccc(C(=O)O)c1. The Morgan fingerprint density at radius 3 is 2.48 bits per heavy atom. The van der Waals surface area contributed by atoms with Crippen molar-refractivity contribution in [3.8, 4) is 5.75 Å². The number of thioether (sulfide) groups is 1. The highest BCUT2D eigenvalue weighted by Gasteiger charge is 2.34. The Labute approximate surface area is 160 Å². The average molecular weight is 382 g/mol. The van der Waals surface area contributed by atoms with E-state index in [-0.39, 0.29) is 17.2 Å². The summed E-state index contributed by atoms with van der Waals surface area (Å²) in [5, 5.41) is 19.1. The first-order valence-electron chi connectivity index (χ1n) is 8.32. The summed E-state index contributed by atoms with van der Waals surface area (Å²) >= 11 is 1.26. The normalized spacial score (nSPS) is 17.5. The summed E-state index contributed by atoms with van der Waals surface area (Å²) in [5.74, 6) is -0.998. The minimum atomic E-state index is -1.02. The molecular weight excluding hydrogens is 364 g/mol. The van der Waals surface area contributed by atoms with Gasteiger partial charge in [0.25, 0.3) is 5.91 Å². The molecule has 2 N–H and O–H groups in total. The van der Waals surface area contributed by atoms with Crippen molar-refractivity contribution in [2.24, 2.45) is 4.99 Å². The number of benzene rings is 2. The molecule has 0 unspecified atom stereocenters. The molecule has 0 aliphatic carbocycles.